The Morgan fingerprint density at radius 1 is 0.667 bits per heavy atom. The summed E-state index contributed by atoms with van der Waals surface area (Å²) in [4.78, 5) is 14.0. The molecule has 0 saturated carbocycles. The van der Waals surface area contributed by atoms with Gasteiger partial charge in [-0.25, -0.2) is 9.97 Å². The SMILES string of the molecule is CC(C)c1ccc(CC(C)c2nc(CC(C)c3ncncc3C(C)C)ccc2C(C)C)cc1C(C)C(F)(F)F. The molecule has 2 aromatic heterocycles. The van der Waals surface area contributed by atoms with Crippen LogP contribution in [0.15, 0.2) is 42.9 Å². The van der Waals surface area contributed by atoms with Crippen molar-refractivity contribution in [3.8, 4) is 0 Å². The molecule has 6 heteroatoms. The summed E-state index contributed by atoms with van der Waals surface area (Å²) in [6.07, 6.45) is 0.629. The maximum absolute atomic E-state index is 13.7. The van der Waals surface area contributed by atoms with Crippen LogP contribution in [-0.2, 0) is 12.8 Å². The number of nitrogens with zero attached hydrogens (tertiary/aromatic N) is 3. The van der Waals surface area contributed by atoms with Crippen LogP contribution in [-0.4, -0.2) is 21.1 Å². The molecule has 2 heterocycles. The molecule has 0 amide bonds. The monoisotopic (exact) mass is 539 g/mol. The number of benzene rings is 1. The average molecular weight is 540 g/mol. The van der Waals surface area contributed by atoms with Crippen molar-refractivity contribution in [2.45, 2.75) is 117 Å². The standard InChI is InChI=1S/C33H44F3N3/c1-19(2)27-12-10-25(16-29(27)24(9)33(34,35)36)14-22(7)32-28(20(3)4)13-11-26(39-32)15-23(8)31-30(21(5)6)17-37-18-38-31/h10-13,16-24H,14-15H2,1-9H3. The van der Waals surface area contributed by atoms with Crippen LogP contribution in [0.3, 0.4) is 0 Å². The summed E-state index contributed by atoms with van der Waals surface area (Å²) in [5, 5.41) is 0. The molecule has 0 aliphatic rings. The van der Waals surface area contributed by atoms with Crippen LogP contribution in [0.5, 0.6) is 0 Å². The summed E-state index contributed by atoms with van der Waals surface area (Å²) in [6.45, 7) is 18.1. The van der Waals surface area contributed by atoms with Gasteiger partial charge in [0.05, 0.1) is 11.6 Å². The number of pyridine rings is 1. The van der Waals surface area contributed by atoms with Crippen molar-refractivity contribution >= 4 is 0 Å². The third-order valence-corrected chi connectivity index (χ3v) is 7.75. The molecule has 3 rings (SSSR count). The van der Waals surface area contributed by atoms with E-state index >= 15 is 0 Å². The van der Waals surface area contributed by atoms with Gasteiger partial charge in [-0.2, -0.15) is 13.2 Å². The smallest absolute Gasteiger partial charge is 0.257 e. The minimum atomic E-state index is -4.27. The number of hydrogen-bond donors (Lipinski definition) is 0. The number of hydrogen-bond acceptors (Lipinski definition) is 3. The van der Waals surface area contributed by atoms with Crippen LogP contribution in [0.25, 0.3) is 0 Å². The van der Waals surface area contributed by atoms with E-state index in [2.05, 4.69) is 63.6 Å². The maximum Gasteiger partial charge on any atom is 0.395 e. The van der Waals surface area contributed by atoms with E-state index in [0.29, 0.717) is 23.8 Å². The molecule has 212 valence electrons. The highest BCUT2D eigenvalue weighted by Gasteiger charge is 2.38. The predicted molar refractivity (Wildman–Crippen MR) is 154 cm³/mol. The van der Waals surface area contributed by atoms with Crippen LogP contribution in [0, 0.1) is 0 Å². The first-order chi connectivity index (χ1) is 18.2. The predicted octanol–water partition coefficient (Wildman–Crippen LogP) is 9.60. The van der Waals surface area contributed by atoms with Crippen molar-refractivity contribution in [3.63, 3.8) is 0 Å². The molecule has 0 N–H and O–H groups in total. The van der Waals surface area contributed by atoms with Gasteiger partial charge < -0.3 is 0 Å². The minimum absolute atomic E-state index is 0.0234. The van der Waals surface area contributed by atoms with Gasteiger partial charge in [-0.1, -0.05) is 79.7 Å². The molecule has 3 aromatic rings. The van der Waals surface area contributed by atoms with Crippen molar-refractivity contribution in [2.75, 3.05) is 0 Å². The van der Waals surface area contributed by atoms with E-state index in [-0.39, 0.29) is 17.8 Å². The van der Waals surface area contributed by atoms with Gasteiger partial charge in [0, 0.05) is 29.4 Å². The summed E-state index contributed by atoms with van der Waals surface area (Å²) < 4.78 is 41.1. The first-order valence-electron chi connectivity index (χ1n) is 14.2. The molecule has 0 saturated heterocycles. The third kappa shape index (κ3) is 7.46. The van der Waals surface area contributed by atoms with Crippen LogP contribution >= 0.6 is 0 Å². The van der Waals surface area contributed by atoms with Crippen LogP contribution in [0.2, 0.25) is 0 Å². The lowest BCUT2D eigenvalue weighted by molar-refractivity contribution is -0.146. The molecule has 0 radical (unpaired) electrons. The highest BCUT2D eigenvalue weighted by atomic mass is 19.4. The zero-order chi connectivity index (χ0) is 29.1. The van der Waals surface area contributed by atoms with E-state index in [9.17, 15) is 13.2 Å². The van der Waals surface area contributed by atoms with E-state index in [1.165, 1.54) is 12.5 Å². The highest BCUT2D eigenvalue weighted by molar-refractivity contribution is 5.39. The number of halogens is 3. The Kier molecular flexibility index (Phi) is 9.95. The summed E-state index contributed by atoms with van der Waals surface area (Å²) in [7, 11) is 0. The van der Waals surface area contributed by atoms with Gasteiger partial charge in [-0.15, -0.1) is 0 Å². The van der Waals surface area contributed by atoms with Crippen molar-refractivity contribution in [1.29, 1.82) is 0 Å². The molecule has 39 heavy (non-hydrogen) atoms. The van der Waals surface area contributed by atoms with Gasteiger partial charge in [0.1, 0.15) is 6.33 Å². The van der Waals surface area contributed by atoms with Gasteiger partial charge in [-0.3, -0.25) is 4.98 Å². The topological polar surface area (TPSA) is 38.7 Å². The normalized spacial score (nSPS) is 14.7. The Morgan fingerprint density at radius 3 is 1.85 bits per heavy atom. The second-order valence-electron chi connectivity index (χ2n) is 12.0. The average Bonchev–Trinajstić information content (AvgIpc) is 2.87. The lowest BCUT2D eigenvalue weighted by Crippen LogP contribution is -2.20. The molecule has 0 fully saturated rings. The van der Waals surface area contributed by atoms with Crippen molar-refractivity contribution < 1.29 is 13.2 Å². The zero-order valence-corrected chi connectivity index (χ0v) is 24.9. The molecule has 0 bridgehead atoms. The third-order valence-electron chi connectivity index (χ3n) is 7.75. The van der Waals surface area contributed by atoms with Gasteiger partial charge in [-0.05, 0) is 71.4 Å². The molecular weight excluding hydrogens is 495 g/mol. The van der Waals surface area contributed by atoms with E-state index < -0.39 is 12.1 Å². The number of aromatic nitrogens is 3. The zero-order valence-electron chi connectivity index (χ0n) is 24.9. The maximum atomic E-state index is 13.7. The largest absolute Gasteiger partial charge is 0.395 e. The van der Waals surface area contributed by atoms with Crippen LogP contribution < -0.4 is 0 Å². The van der Waals surface area contributed by atoms with Gasteiger partial charge in [0.15, 0.2) is 0 Å². The van der Waals surface area contributed by atoms with Crippen LogP contribution in [0.4, 0.5) is 13.2 Å². The quantitative estimate of drug-likeness (QED) is 0.257. The molecule has 3 nitrogen and oxygen atoms in total. The second kappa shape index (κ2) is 12.6. The second-order valence-corrected chi connectivity index (χ2v) is 12.0. The summed E-state index contributed by atoms with van der Waals surface area (Å²) in [5.41, 5.74) is 7.49. The Balaban J connectivity index is 1.93. The van der Waals surface area contributed by atoms with Crippen LogP contribution in [0.1, 0.15) is 143 Å². The highest BCUT2D eigenvalue weighted by Crippen LogP contribution is 2.39. The van der Waals surface area contributed by atoms with E-state index in [4.69, 9.17) is 4.98 Å². The molecular formula is C33H44F3N3. The minimum Gasteiger partial charge on any atom is -0.257 e. The molecule has 1 aromatic carbocycles. The fourth-order valence-electron chi connectivity index (χ4n) is 5.42. The lowest BCUT2D eigenvalue weighted by Gasteiger charge is -2.24. The van der Waals surface area contributed by atoms with E-state index in [1.807, 2.05) is 32.2 Å². The van der Waals surface area contributed by atoms with Crippen molar-refractivity contribution in [3.05, 3.63) is 87.8 Å². The Bertz CT molecular complexity index is 1250. The van der Waals surface area contributed by atoms with Crippen molar-refractivity contribution in [2.24, 2.45) is 0 Å². The molecule has 0 aliphatic heterocycles. The first-order valence-corrected chi connectivity index (χ1v) is 14.2. The van der Waals surface area contributed by atoms with Gasteiger partial charge in [0.25, 0.3) is 0 Å². The summed E-state index contributed by atoms with van der Waals surface area (Å²) >= 11 is 0. The van der Waals surface area contributed by atoms with E-state index in [0.717, 1.165) is 40.2 Å². The van der Waals surface area contributed by atoms with Gasteiger partial charge >= 0.3 is 6.18 Å². The van der Waals surface area contributed by atoms with E-state index in [1.54, 1.807) is 12.4 Å². The Morgan fingerprint density at radius 2 is 1.26 bits per heavy atom. The molecule has 3 unspecified atom stereocenters. The summed E-state index contributed by atoms with van der Waals surface area (Å²) in [5.74, 6) is -0.613. The fraction of sp³-hybridized carbons (Fsp3) is 0.545. The number of rotatable bonds is 10. The lowest BCUT2D eigenvalue weighted by atomic mass is 9.85. The van der Waals surface area contributed by atoms with Crippen molar-refractivity contribution in [1.82, 2.24) is 15.0 Å². The van der Waals surface area contributed by atoms with Gasteiger partial charge in [0.2, 0.25) is 0 Å². The summed E-state index contributed by atoms with van der Waals surface area (Å²) in [6, 6.07) is 9.93. The molecule has 0 aliphatic carbocycles. The number of alkyl halides is 3. The molecule has 0 spiro atoms. The molecule has 3 atom stereocenters. The fourth-order valence-corrected chi connectivity index (χ4v) is 5.42. The Labute approximate surface area is 232 Å². The first kappa shape index (κ1) is 30.8. The Hall–Kier alpha value is -2.76.